The molecule has 3 aromatic rings. The van der Waals surface area contributed by atoms with Gasteiger partial charge in [0.2, 0.25) is 0 Å². The molecule has 0 bridgehead atoms. The normalized spacial score (nSPS) is 10.2. The van der Waals surface area contributed by atoms with Crippen molar-refractivity contribution in [1.29, 1.82) is 0 Å². The Morgan fingerprint density at radius 1 is 0.846 bits per heavy atom. The molecule has 1 N–H and O–H groups in total. The van der Waals surface area contributed by atoms with E-state index >= 15 is 0 Å². The van der Waals surface area contributed by atoms with Crippen molar-refractivity contribution in [2.75, 3.05) is 5.32 Å². The van der Waals surface area contributed by atoms with Crippen LogP contribution >= 0.6 is 11.6 Å². The van der Waals surface area contributed by atoms with Crippen molar-refractivity contribution in [3.63, 3.8) is 0 Å². The summed E-state index contributed by atoms with van der Waals surface area (Å²) in [5, 5.41) is 2.25. The Morgan fingerprint density at radius 2 is 1.50 bits per heavy atom. The van der Waals surface area contributed by atoms with Gasteiger partial charge in [0.05, 0.1) is 5.56 Å². The quantitative estimate of drug-likeness (QED) is 0.632. The minimum absolute atomic E-state index is 0.293. The van der Waals surface area contributed by atoms with E-state index in [0.29, 0.717) is 29.2 Å². The molecule has 0 saturated carbocycles. The summed E-state index contributed by atoms with van der Waals surface area (Å²) >= 11 is 5.42. The predicted octanol–water partition coefficient (Wildman–Crippen LogP) is 4.90. The third kappa shape index (κ3) is 4.49. The third-order valence-corrected chi connectivity index (χ3v) is 3.96. The summed E-state index contributed by atoms with van der Waals surface area (Å²) in [6.07, 6.45) is 0. The average Bonchev–Trinajstić information content (AvgIpc) is 2.68. The fourth-order valence-electron chi connectivity index (χ4n) is 2.40. The first-order valence-electron chi connectivity index (χ1n) is 8.00. The van der Waals surface area contributed by atoms with E-state index in [1.54, 1.807) is 42.5 Å². The van der Waals surface area contributed by atoms with Crippen LogP contribution in [0, 0.1) is 0 Å². The number of ether oxygens (including phenoxy) is 1. The number of rotatable bonds is 6. The Bertz CT molecular complexity index is 908. The maximum atomic E-state index is 12.6. The monoisotopic (exact) mass is 365 g/mol. The SMILES string of the molecule is O=C(Cl)c1ccc(NC(=O)c2ccccc2OCc2ccccc2)cc1. The lowest BCUT2D eigenvalue weighted by atomic mass is 10.1. The molecule has 4 nitrogen and oxygen atoms in total. The highest BCUT2D eigenvalue weighted by molar-refractivity contribution is 6.67. The minimum Gasteiger partial charge on any atom is -0.488 e. The van der Waals surface area contributed by atoms with Crippen molar-refractivity contribution in [3.05, 3.63) is 95.6 Å². The predicted molar refractivity (Wildman–Crippen MR) is 102 cm³/mol. The summed E-state index contributed by atoms with van der Waals surface area (Å²) in [7, 11) is 0. The van der Waals surface area contributed by atoms with Gasteiger partial charge in [-0.05, 0) is 53.6 Å². The molecule has 0 radical (unpaired) electrons. The van der Waals surface area contributed by atoms with E-state index in [0.717, 1.165) is 5.56 Å². The number of hydrogen-bond acceptors (Lipinski definition) is 3. The Labute approximate surface area is 156 Å². The van der Waals surface area contributed by atoms with Crippen molar-refractivity contribution < 1.29 is 14.3 Å². The fourth-order valence-corrected chi connectivity index (χ4v) is 2.52. The van der Waals surface area contributed by atoms with Gasteiger partial charge < -0.3 is 10.1 Å². The van der Waals surface area contributed by atoms with Crippen LogP contribution in [0.2, 0.25) is 0 Å². The number of benzene rings is 3. The van der Waals surface area contributed by atoms with E-state index in [4.69, 9.17) is 16.3 Å². The van der Waals surface area contributed by atoms with Crippen LogP contribution in [0.5, 0.6) is 5.75 Å². The summed E-state index contributed by atoms with van der Waals surface area (Å²) in [5.41, 5.74) is 2.38. The standard InChI is InChI=1S/C21H16ClNO3/c22-20(24)16-10-12-17(13-11-16)23-21(25)18-8-4-5-9-19(18)26-14-15-6-2-1-3-7-15/h1-13H,14H2,(H,23,25). The summed E-state index contributed by atoms with van der Waals surface area (Å²) in [5.74, 6) is 0.208. The van der Waals surface area contributed by atoms with Crippen molar-refractivity contribution in [1.82, 2.24) is 0 Å². The topological polar surface area (TPSA) is 55.4 Å². The van der Waals surface area contributed by atoms with Crippen LogP contribution < -0.4 is 10.1 Å². The Balaban J connectivity index is 1.72. The van der Waals surface area contributed by atoms with Crippen molar-refractivity contribution >= 4 is 28.4 Å². The Hall–Kier alpha value is -3.11. The zero-order valence-electron chi connectivity index (χ0n) is 13.8. The lowest BCUT2D eigenvalue weighted by Crippen LogP contribution is -2.13. The highest BCUT2D eigenvalue weighted by Crippen LogP contribution is 2.21. The molecule has 1 amide bonds. The van der Waals surface area contributed by atoms with E-state index in [1.165, 1.54) is 0 Å². The highest BCUT2D eigenvalue weighted by atomic mass is 35.5. The Morgan fingerprint density at radius 3 is 2.19 bits per heavy atom. The zero-order valence-corrected chi connectivity index (χ0v) is 14.6. The second-order valence-electron chi connectivity index (χ2n) is 5.58. The second kappa shape index (κ2) is 8.32. The molecule has 26 heavy (non-hydrogen) atoms. The average molecular weight is 366 g/mol. The summed E-state index contributed by atoms with van der Waals surface area (Å²) in [6.45, 7) is 0.373. The number of anilines is 1. The molecule has 130 valence electrons. The van der Waals surface area contributed by atoms with Gasteiger partial charge in [0.25, 0.3) is 11.1 Å². The molecule has 0 heterocycles. The van der Waals surface area contributed by atoms with Crippen LogP contribution in [0.1, 0.15) is 26.3 Å². The van der Waals surface area contributed by atoms with Gasteiger partial charge >= 0.3 is 0 Å². The van der Waals surface area contributed by atoms with E-state index in [-0.39, 0.29) is 5.91 Å². The highest BCUT2D eigenvalue weighted by Gasteiger charge is 2.13. The third-order valence-electron chi connectivity index (χ3n) is 3.74. The number of para-hydroxylation sites is 1. The molecule has 0 spiro atoms. The first-order chi connectivity index (χ1) is 12.6. The number of nitrogens with one attached hydrogen (secondary N) is 1. The Kier molecular flexibility index (Phi) is 5.66. The van der Waals surface area contributed by atoms with Crippen molar-refractivity contribution in [3.8, 4) is 5.75 Å². The molecule has 3 rings (SSSR count). The number of carbonyl (C=O) groups is 2. The molecule has 0 unspecified atom stereocenters. The molecular formula is C21H16ClNO3. The number of halogens is 1. The lowest BCUT2D eigenvalue weighted by Gasteiger charge is -2.12. The van der Waals surface area contributed by atoms with E-state index in [2.05, 4.69) is 5.32 Å². The molecule has 0 aliphatic rings. The summed E-state index contributed by atoms with van der Waals surface area (Å²) < 4.78 is 5.81. The van der Waals surface area contributed by atoms with Gasteiger partial charge in [-0.15, -0.1) is 0 Å². The smallest absolute Gasteiger partial charge is 0.259 e. The molecule has 0 aliphatic heterocycles. The molecular weight excluding hydrogens is 350 g/mol. The molecule has 0 aliphatic carbocycles. The van der Waals surface area contributed by atoms with Crippen LogP contribution in [0.4, 0.5) is 5.69 Å². The van der Waals surface area contributed by atoms with Crippen LogP contribution in [0.15, 0.2) is 78.9 Å². The fraction of sp³-hybridized carbons (Fsp3) is 0.0476. The van der Waals surface area contributed by atoms with E-state index in [9.17, 15) is 9.59 Å². The lowest BCUT2D eigenvalue weighted by molar-refractivity contribution is 0.102. The van der Waals surface area contributed by atoms with Crippen LogP contribution in [0.3, 0.4) is 0 Å². The zero-order chi connectivity index (χ0) is 18.4. The van der Waals surface area contributed by atoms with E-state index < -0.39 is 5.24 Å². The summed E-state index contributed by atoms with van der Waals surface area (Å²) in [6, 6.07) is 23.2. The second-order valence-corrected chi connectivity index (χ2v) is 5.92. The largest absolute Gasteiger partial charge is 0.488 e. The first kappa shape index (κ1) is 17.7. The van der Waals surface area contributed by atoms with Gasteiger partial charge in [-0.3, -0.25) is 9.59 Å². The number of carbonyl (C=O) groups excluding carboxylic acids is 2. The molecule has 3 aromatic carbocycles. The van der Waals surface area contributed by atoms with Crippen LogP contribution in [0.25, 0.3) is 0 Å². The van der Waals surface area contributed by atoms with E-state index in [1.807, 2.05) is 36.4 Å². The first-order valence-corrected chi connectivity index (χ1v) is 8.38. The molecule has 0 aromatic heterocycles. The molecule has 0 fully saturated rings. The number of hydrogen-bond donors (Lipinski definition) is 1. The van der Waals surface area contributed by atoms with Gasteiger partial charge in [0.15, 0.2) is 0 Å². The molecule has 5 heteroatoms. The van der Waals surface area contributed by atoms with Crippen LogP contribution in [-0.2, 0) is 6.61 Å². The summed E-state index contributed by atoms with van der Waals surface area (Å²) in [4.78, 5) is 23.7. The van der Waals surface area contributed by atoms with Crippen molar-refractivity contribution in [2.24, 2.45) is 0 Å². The maximum Gasteiger partial charge on any atom is 0.259 e. The van der Waals surface area contributed by atoms with Crippen LogP contribution in [-0.4, -0.2) is 11.1 Å². The van der Waals surface area contributed by atoms with Gasteiger partial charge in [0, 0.05) is 11.3 Å². The maximum absolute atomic E-state index is 12.6. The van der Waals surface area contributed by atoms with Gasteiger partial charge in [-0.2, -0.15) is 0 Å². The van der Waals surface area contributed by atoms with Gasteiger partial charge in [-0.1, -0.05) is 42.5 Å². The van der Waals surface area contributed by atoms with Gasteiger partial charge in [-0.25, -0.2) is 0 Å². The molecule has 0 saturated heterocycles. The van der Waals surface area contributed by atoms with Gasteiger partial charge in [0.1, 0.15) is 12.4 Å². The number of amides is 1. The molecule has 0 atom stereocenters. The van der Waals surface area contributed by atoms with Crippen molar-refractivity contribution in [2.45, 2.75) is 6.61 Å². The minimum atomic E-state index is -0.539.